The van der Waals surface area contributed by atoms with Crippen LogP contribution in [0.3, 0.4) is 0 Å². The molecule has 2 aliphatic rings. The maximum Gasteiger partial charge on any atom is 0.255 e. The highest BCUT2D eigenvalue weighted by Crippen LogP contribution is 2.44. The van der Waals surface area contributed by atoms with Crippen LogP contribution in [0, 0.1) is 13.8 Å². The van der Waals surface area contributed by atoms with Gasteiger partial charge in [-0.05, 0) is 90.8 Å². The summed E-state index contributed by atoms with van der Waals surface area (Å²) < 4.78 is 13.1. The molecule has 5 heteroatoms. The third-order valence-corrected chi connectivity index (χ3v) is 8.35. The Labute approximate surface area is 236 Å². The van der Waals surface area contributed by atoms with Gasteiger partial charge in [0.2, 0.25) is 0 Å². The molecule has 0 spiro atoms. The molecule has 2 aliphatic heterocycles. The van der Waals surface area contributed by atoms with Crippen LogP contribution in [0.5, 0.6) is 23.0 Å². The predicted molar refractivity (Wildman–Crippen MR) is 166 cm³/mol. The third kappa shape index (κ3) is 3.84. The lowest BCUT2D eigenvalue weighted by molar-refractivity contribution is 0.481. The van der Waals surface area contributed by atoms with Crippen molar-refractivity contribution >= 4 is 40.2 Å². The lowest BCUT2D eigenvalue weighted by Gasteiger charge is -2.33. The van der Waals surface area contributed by atoms with E-state index in [1.165, 1.54) is 22.6 Å². The van der Waals surface area contributed by atoms with E-state index < -0.39 is 0 Å². The highest BCUT2D eigenvalue weighted by Gasteiger charge is 2.37. The minimum Gasteiger partial charge on any atom is -0.458 e. The number of hydrogen-bond acceptors (Lipinski definition) is 4. The van der Waals surface area contributed by atoms with E-state index in [-0.39, 0.29) is 12.9 Å². The lowest BCUT2D eigenvalue weighted by atomic mass is 9.35. The first kappa shape index (κ1) is 24.4. The van der Waals surface area contributed by atoms with Gasteiger partial charge in [-0.2, -0.15) is 0 Å². The minimum absolute atomic E-state index is 0.0506. The summed E-state index contributed by atoms with van der Waals surface area (Å²) in [6.07, 6.45) is 0.182. The van der Waals surface area contributed by atoms with Crippen molar-refractivity contribution in [3.05, 3.63) is 120 Å². The first-order chi connectivity index (χ1) is 19.5. The summed E-state index contributed by atoms with van der Waals surface area (Å²) in [6, 6.07) is 38.1. The second-order valence-corrected chi connectivity index (χ2v) is 10.8. The molecule has 0 saturated carbocycles. The Kier molecular flexibility index (Phi) is 5.81. The monoisotopic (exact) mass is 522 g/mol. The number of benzene rings is 5. The first-order valence-electron chi connectivity index (χ1n) is 13.9. The van der Waals surface area contributed by atoms with Crippen molar-refractivity contribution in [1.29, 1.82) is 0 Å². The fraction of sp³-hybridized carbons (Fsp3) is 0.143. The number of ether oxygens (including phenoxy) is 2. The van der Waals surface area contributed by atoms with Gasteiger partial charge >= 0.3 is 0 Å². The van der Waals surface area contributed by atoms with Crippen LogP contribution in [0.1, 0.15) is 18.1 Å². The van der Waals surface area contributed by atoms with Crippen LogP contribution >= 0.6 is 0 Å². The number of hydrogen-bond donors (Lipinski definition) is 0. The number of nitrogens with zero attached hydrogens (tertiary/aromatic N) is 2. The Morgan fingerprint density at radius 2 is 1.27 bits per heavy atom. The van der Waals surface area contributed by atoms with Gasteiger partial charge in [0.15, 0.2) is 0 Å². The first-order valence-corrected chi connectivity index (χ1v) is 13.9. The van der Waals surface area contributed by atoms with E-state index in [0.717, 1.165) is 44.9 Å². The average molecular weight is 522 g/mol. The molecule has 0 N–H and O–H groups in total. The Hall–Kier alpha value is -4.64. The second-order valence-electron chi connectivity index (χ2n) is 10.8. The minimum atomic E-state index is -0.0506. The molecule has 7 rings (SSSR count). The van der Waals surface area contributed by atoms with Crippen molar-refractivity contribution in [2.24, 2.45) is 0 Å². The number of aryl methyl sites for hydroxylation is 2. The number of anilines is 3. The molecule has 0 fully saturated rings. The zero-order valence-corrected chi connectivity index (χ0v) is 23.3. The van der Waals surface area contributed by atoms with Gasteiger partial charge in [-0.1, -0.05) is 66.7 Å². The van der Waals surface area contributed by atoms with Gasteiger partial charge in [0, 0.05) is 12.7 Å². The van der Waals surface area contributed by atoms with Crippen LogP contribution in [0.25, 0.3) is 0 Å². The van der Waals surface area contributed by atoms with E-state index in [1.807, 2.05) is 30.3 Å². The zero-order valence-electron chi connectivity index (χ0n) is 23.3. The summed E-state index contributed by atoms with van der Waals surface area (Å²) in [5.74, 6) is 3.50. The van der Waals surface area contributed by atoms with Crippen molar-refractivity contribution < 1.29 is 9.47 Å². The molecule has 2 heterocycles. The van der Waals surface area contributed by atoms with E-state index in [4.69, 9.17) is 9.47 Å². The fourth-order valence-corrected chi connectivity index (χ4v) is 6.17. The molecular formula is C35H31BN2O2. The molecule has 0 amide bonds. The van der Waals surface area contributed by atoms with Crippen LogP contribution in [0.4, 0.5) is 17.1 Å². The number of fused-ring (bicyclic) bond motifs is 3. The van der Waals surface area contributed by atoms with Crippen LogP contribution in [0.2, 0.25) is 0 Å². The Balaban J connectivity index is 1.41. The highest BCUT2D eigenvalue weighted by molar-refractivity contribution is 6.97. The van der Waals surface area contributed by atoms with Gasteiger partial charge in [0.1, 0.15) is 29.2 Å². The molecule has 0 aliphatic carbocycles. The maximum absolute atomic E-state index is 6.60. The van der Waals surface area contributed by atoms with E-state index in [0.29, 0.717) is 0 Å². The Bertz CT molecular complexity index is 1750. The molecule has 4 nitrogen and oxygen atoms in total. The molecule has 196 valence electrons. The van der Waals surface area contributed by atoms with Crippen LogP contribution in [0.15, 0.2) is 109 Å². The normalized spacial score (nSPS) is 15.3. The summed E-state index contributed by atoms with van der Waals surface area (Å²) in [5.41, 5.74) is 9.32. The predicted octanol–water partition coefficient (Wildman–Crippen LogP) is 6.65. The summed E-state index contributed by atoms with van der Waals surface area (Å²) in [7, 11) is 2.17. The van der Waals surface area contributed by atoms with Gasteiger partial charge in [-0.3, -0.25) is 0 Å². The molecular weight excluding hydrogens is 491 g/mol. The van der Waals surface area contributed by atoms with E-state index in [2.05, 4.69) is 116 Å². The van der Waals surface area contributed by atoms with Crippen LogP contribution in [-0.4, -0.2) is 19.9 Å². The van der Waals surface area contributed by atoms with Crippen molar-refractivity contribution in [2.45, 2.75) is 26.9 Å². The molecule has 5 aromatic carbocycles. The van der Waals surface area contributed by atoms with E-state index in [1.54, 1.807) is 0 Å². The zero-order chi connectivity index (χ0) is 27.4. The van der Waals surface area contributed by atoms with Gasteiger partial charge in [0.05, 0.1) is 11.4 Å². The van der Waals surface area contributed by atoms with Gasteiger partial charge in [-0.15, -0.1) is 0 Å². The molecule has 0 saturated heterocycles. The third-order valence-electron chi connectivity index (χ3n) is 8.35. The summed E-state index contributed by atoms with van der Waals surface area (Å²) in [5, 5.41) is 0. The van der Waals surface area contributed by atoms with Crippen LogP contribution < -0.4 is 35.7 Å². The van der Waals surface area contributed by atoms with Gasteiger partial charge in [-0.25, -0.2) is 0 Å². The van der Waals surface area contributed by atoms with Crippen molar-refractivity contribution in [1.82, 2.24) is 0 Å². The lowest BCUT2D eigenvalue weighted by Crippen LogP contribution is -2.55. The fourth-order valence-electron chi connectivity index (χ4n) is 6.17. The number of para-hydroxylation sites is 5. The molecule has 0 unspecified atom stereocenters. The topological polar surface area (TPSA) is 24.9 Å². The molecule has 0 radical (unpaired) electrons. The summed E-state index contributed by atoms with van der Waals surface area (Å²) in [6.45, 7) is 6.47. The number of rotatable bonds is 4. The van der Waals surface area contributed by atoms with E-state index in [9.17, 15) is 0 Å². The smallest absolute Gasteiger partial charge is 0.255 e. The molecule has 5 aromatic rings. The second kappa shape index (κ2) is 9.53. The molecule has 1 atom stereocenters. The van der Waals surface area contributed by atoms with E-state index >= 15 is 0 Å². The Morgan fingerprint density at radius 3 is 2.08 bits per heavy atom. The van der Waals surface area contributed by atoms with Crippen molar-refractivity contribution in [3.8, 4) is 23.0 Å². The molecule has 0 aromatic heterocycles. The molecule has 40 heavy (non-hydrogen) atoms. The average Bonchev–Trinajstić information content (AvgIpc) is 3.22. The quantitative estimate of drug-likeness (QED) is 0.242. The standard InChI is InChI=1S/C35H31BN2O2/c1-23-13-5-10-18-32(23)39-33-19-11-6-14-26(33)36-27-15-7-12-20-34(27)40-35-21-24(2)31(22-28(35)36)38-25(3)37(4)29-16-8-9-17-30(29)38/h5-22,25H,1-4H3/t25-/m0/s1. The van der Waals surface area contributed by atoms with Crippen molar-refractivity contribution in [2.75, 3.05) is 16.8 Å². The summed E-state index contributed by atoms with van der Waals surface area (Å²) in [4.78, 5) is 4.78. The molecule has 0 bridgehead atoms. The SMILES string of the molecule is Cc1ccccc1Oc1ccccc1B1c2ccccc2Oc2cc(C)c(N3c4ccccc4N(C)[C@@H]3C)cc21. The Morgan fingerprint density at radius 1 is 0.625 bits per heavy atom. The maximum atomic E-state index is 6.60. The van der Waals surface area contributed by atoms with Crippen molar-refractivity contribution in [3.63, 3.8) is 0 Å². The van der Waals surface area contributed by atoms with Gasteiger partial charge in [0.25, 0.3) is 6.71 Å². The largest absolute Gasteiger partial charge is 0.458 e. The van der Waals surface area contributed by atoms with Gasteiger partial charge < -0.3 is 19.3 Å². The van der Waals surface area contributed by atoms with Crippen LogP contribution in [-0.2, 0) is 0 Å². The highest BCUT2D eigenvalue weighted by atomic mass is 16.5. The summed E-state index contributed by atoms with van der Waals surface area (Å²) >= 11 is 0.